The molecule has 6 heteroatoms. The fraction of sp³-hybridized carbons (Fsp3) is 0.704. The van der Waals surface area contributed by atoms with Crippen molar-refractivity contribution < 1.29 is 20.1 Å². The first-order chi connectivity index (χ1) is 15.1. The van der Waals surface area contributed by atoms with Gasteiger partial charge >= 0.3 is 0 Å². The van der Waals surface area contributed by atoms with Gasteiger partial charge in [-0.25, -0.2) is 0 Å². The zero-order valence-electron chi connectivity index (χ0n) is 20.9. The van der Waals surface area contributed by atoms with E-state index < -0.39 is 5.97 Å². The topological polar surface area (TPSA) is 130 Å². The number of carboxylic acids is 1. The Balaban J connectivity index is 0.000000714. The number of aliphatic carboxylic acids is 1. The van der Waals surface area contributed by atoms with Crippen LogP contribution in [0.5, 0.6) is 0 Å². The molecule has 0 bridgehead atoms. The van der Waals surface area contributed by atoms with Gasteiger partial charge < -0.3 is 26.3 Å². The summed E-state index contributed by atoms with van der Waals surface area (Å²) in [6.07, 6.45) is 12.6. The maximum Gasteiger partial charge on any atom is 0.0610 e. The summed E-state index contributed by atoms with van der Waals surface area (Å²) in [5.41, 5.74) is 2.86. The number of carbonyl (C=O) groups excluding carboxylic acids is 1. The second kappa shape index (κ2) is 11.1. The fourth-order valence-electron chi connectivity index (χ4n) is 6.95. The van der Waals surface area contributed by atoms with Crippen molar-refractivity contribution in [1.29, 1.82) is 0 Å². The molecule has 3 aliphatic carbocycles. The largest absolute Gasteiger partial charge is 0.550 e. The molecule has 0 amide bonds. The molecule has 1 aromatic heterocycles. The summed E-state index contributed by atoms with van der Waals surface area (Å²) in [5, 5.41) is 30.8. The van der Waals surface area contributed by atoms with E-state index in [4.69, 9.17) is 9.90 Å². The maximum absolute atomic E-state index is 11.5. The minimum atomic E-state index is -1.08. The molecule has 6 N–H and O–H groups in total. The number of rotatable bonds is 4. The van der Waals surface area contributed by atoms with Crippen LogP contribution in [0.15, 0.2) is 36.7 Å². The van der Waals surface area contributed by atoms with E-state index in [2.05, 4.69) is 31.5 Å². The van der Waals surface area contributed by atoms with E-state index >= 15 is 0 Å². The molecule has 3 aliphatic rings. The predicted molar refractivity (Wildman–Crippen MR) is 129 cm³/mol. The van der Waals surface area contributed by atoms with Gasteiger partial charge in [-0.3, -0.25) is 4.98 Å². The first-order valence-electron chi connectivity index (χ1n) is 12.2. The zero-order chi connectivity index (χ0) is 23.5. The average Bonchev–Trinajstić information content (AvgIpc) is 3.05. The van der Waals surface area contributed by atoms with Crippen molar-refractivity contribution in [1.82, 2.24) is 11.1 Å². The van der Waals surface area contributed by atoms with Gasteiger partial charge in [0.25, 0.3) is 0 Å². The Bertz CT molecular complexity index is 797. The standard InChI is InChI=1S/C25H37NO2.C2H4O2.H3N/c1-17-6-9-21-23(28)22(11-13-24(17,21)2)25(3)12-10-20(27)15-19(25)8-7-18-5-4-14-26-16-18;1-2(3)4;/h4-5,14,16,19-23,27-28H,1,6-13,15H2,2-3H3;1H3,(H,3,4);1H3/t19-,20-,21?,22?,23+,24-,25-;;/m0../s1. The third kappa shape index (κ3) is 5.84. The molecule has 4 rings (SSSR count). The molecule has 6 nitrogen and oxygen atoms in total. The van der Waals surface area contributed by atoms with E-state index in [-0.39, 0.29) is 29.2 Å². The summed E-state index contributed by atoms with van der Waals surface area (Å²) in [6.45, 7) is 10.1. The summed E-state index contributed by atoms with van der Waals surface area (Å²) in [5.74, 6) is 0.0642. The van der Waals surface area contributed by atoms with Gasteiger partial charge in [-0.15, -0.1) is 0 Å². The molecular formula is C27H44N2O4. The lowest BCUT2D eigenvalue weighted by molar-refractivity contribution is -0.302. The molecule has 33 heavy (non-hydrogen) atoms. The van der Waals surface area contributed by atoms with Gasteiger partial charge in [-0.2, -0.15) is 0 Å². The normalized spacial score (nSPS) is 37.8. The third-order valence-corrected chi connectivity index (χ3v) is 9.04. The van der Waals surface area contributed by atoms with Crippen LogP contribution in [0.2, 0.25) is 0 Å². The number of aliphatic hydroxyl groups is 2. The molecule has 0 aromatic carbocycles. The molecule has 0 aliphatic heterocycles. The second-order valence-corrected chi connectivity index (χ2v) is 10.8. The van der Waals surface area contributed by atoms with Gasteiger partial charge in [0.05, 0.1) is 12.2 Å². The van der Waals surface area contributed by atoms with Gasteiger partial charge in [0.2, 0.25) is 0 Å². The first-order valence-corrected chi connectivity index (χ1v) is 12.2. The number of pyridine rings is 1. The van der Waals surface area contributed by atoms with Gasteiger partial charge in [-0.05, 0) is 105 Å². The predicted octanol–water partition coefficient (Wildman–Crippen LogP) is 4.06. The van der Waals surface area contributed by atoms with Crippen molar-refractivity contribution in [2.45, 2.75) is 90.8 Å². The number of allylic oxidation sites excluding steroid dienone is 1. The molecule has 0 saturated heterocycles. The van der Waals surface area contributed by atoms with Crippen LogP contribution in [0.25, 0.3) is 0 Å². The van der Waals surface area contributed by atoms with E-state index in [1.54, 1.807) is 0 Å². The molecule has 3 fully saturated rings. The summed E-state index contributed by atoms with van der Waals surface area (Å²) < 4.78 is 0. The quantitative estimate of drug-likeness (QED) is 0.583. The highest BCUT2D eigenvalue weighted by Gasteiger charge is 2.56. The molecule has 186 valence electrons. The maximum atomic E-state index is 11.5. The summed E-state index contributed by atoms with van der Waals surface area (Å²) >= 11 is 0. The van der Waals surface area contributed by atoms with Crippen molar-refractivity contribution in [2.24, 2.45) is 28.6 Å². The molecular weight excluding hydrogens is 416 g/mol. The number of hydrogen-bond donors (Lipinski definition) is 3. The Morgan fingerprint density at radius 3 is 2.55 bits per heavy atom. The van der Waals surface area contributed by atoms with E-state index in [9.17, 15) is 10.2 Å². The highest BCUT2D eigenvalue weighted by Crippen LogP contribution is 2.61. The third-order valence-electron chi connectivity index (χ3n) is 9.04. The van der Waals surface area contributed by atoms with Crippen LogP contribution >= 0.6 is 0 Å². The molecule has 2 unspecified atom stereocenters. The number of aryl methyl sites for hydroxylation is 1. The Labute approximate surface area is 199 Å². The van der Waals surface area contributed by atoms with Crippen molar-refractivity contribution in [2.75, 3.05) is 0 Å². The number of nitrogens with zero attached hydrogens (tertiary/aromatic N) is 1. The van der Waals surface area contributed by atoms with Crippen molar-refractivity contribution in [3.63, 3.8) is 0 Å². The minimum Gasteiger partial charge on any atom is -0.550 e. The van der Waals surface area contributed by atoms with E-state index in [0.29, 0.717) is 17.8 Å². The molecule has 3 saturated carbocycles. The Hall–Kier alpha value is -1.76. The number of quaternary nitrogens is 1. The lowest BCUT2D eigenvalue weighted by Gasteiger charge is -2.55. The first kappa shape index (κ1) is 27.5. The van der Waals surface area contributed by atoms with Crippen LogP contribution in [-0.2, 0) is 11.2 Å². The number of fused-ring (bicyclic) bond motifs is 1. The molecule has 1 aromatic rings. The molecule has 0 spiro atoms. The van der Waals surface area contributed by atoms with Crippen LogP contribution < -0.4 is 11.3 Å². The zero-order valence-corrected chi connectivity index (χ0v) is 20.9. The monoisotopic (exact) mass is 460 g/mol. The van der Waals surface area contributed by atoms with Crippen molar-refractivity contribution in [3.8, 4) is 0 Å². The number of aliphatic hydroxyl groups excluding tert-OH is 2. The number of carboxylic acid groups (broad SMARTS) is 1. The lowest BCUT2D eigenvalue weighted by atomic mass is 9.51. The Morgan fingerprint density at radius 1 is 1.21 bits per heavy atom. The van der Waals surface area contributed by atoms with E-state index in [1.807, 2.05) is 18.5 Å². The van der Waals surface area contributed by atoms with Gasteiger partial charge in [0.15, 0.2) is 0 Å². The summed E-state index contributed by atoms with van der Waals surface area (Å²) in [7, 11) is 0. The SMILES string of the molecule is C=C1CCC2[C@@H](O)C([C@@]3(C)CC[C@H](O)C[C@@H]3CCc3cccnc3)CC[C@@]12C.CC(=O)[O-].[NH4+]. The minimum absolute atomic E-state index is 0. The van der Waals surface area contributed by atoms with Crippen molar-refractivity contribution in [3.05, 3.63) is 42.2 Å². The average molecular weight is 461 g/mol. The number of carbonyl (C=O) groups is 1. The highest BCUT2D eigenvalue weighted by atomic mass is 16.4. The molecule has 0 radical (unpaired) electrons. The Kier molecular flexibility index (Phi) is 9.25. The number of aromatic nitrogens is 1. The van der Waals surface area contributed by atoms with Crippen LogP contribution in [0.1, 0.15) is 77.7 Å². The van der Waals surface area contributed by atoms with Crippen molar-refractivity contribution >= 4 is 5.97 Å². The van der Waals surface area contributed by atoms with Crippen LogP contribution in [0, 0.1) is 28.6 Å². The van der Waals surface area contributed by atoms with Crippen LogP contribution in [-0.4, -0.2) is 33.4 Å². The fourth-order valence-corrected chi connectivity index (χ4v) is 6.95. The highest BCUT2D eigenvalue weighted by molar-refractivity contribution is 5.60. The van der Waals surface area contributed by atoms with Gasteiger partial charge in [0, 0.05) is 18.4 Å². The van der Waals surface area contributed by atoms with E-state index in [0.717, 1.165) is 64.7 Å². The molecule has 7 atom stereocenters. The van der Waals surface area contributed by atoms with Gasteiger partial charge in [0.1, 0.15) is 0 Å². The summed E-state index contributed by atoms with van der Waals surface area (Å²) in [4.78, 5) is 13.1. The van der Waals surface area contributed by atoms with Crippen LogP contribution in [0.3, 0.4) is 0 Å². The van der Waals surface area contributed by atoms with E-state index in [1.165, 1.54) is 11.1 Å². The summed E-state index contributed by atoms with van der Waals surface area (Å²) in [6, 6.07) is 4.15. The Morgan fingerprint density at radius 2 is 1.91 bits per heavy atom. The smallest absolute Gasteiger partial charge is 0.0610 e. The van der Waals surface area contributed by atoms with Crippen LogP contribution in [0.4, 0.5) is 0 Å². The lowest BCUT2D eigenvalue weighted by Crippen LogP contribution is -2.52. The second-order valence-electron chi connectivity index (χ2n) is 10.8. The van der Waals surface area contributed by atoms with Gasteiger partial charge in [-0.1, -0.05) is 32.1 Å². The number of hydrogen-bond acceptors (Lipinski definition) is 5. The molecule has 1 heterocycles.